The molecule has 0 aromatic heterocycles. The third-order valence-electron chi connectivity index (χ3n) is 6.40. The number of aryl methyl sites for hydroxylation is 2. The van der Waals surface area contributed by atoms with E-state index in [9.17, 15) is 0 Å². The molecular weight excluding hydrogens is 324 g/mol. The molecule has 0 aliphatic rings. The van der Waals surface area contributed by atoms with E-state index in [4.69, 9.17) is 0 Å². The number of allylic oxidation sites excluding steroid dienone is 6. The number of benzene rings is 1. The van der Waals surface area contributed by atoms with Crippen molar-refractivity contribution in [2.45, 2.75) is 75.2 Å². The van der Waals surface area contributed by atoms with Gasteiger partial charge in [0.05, 0.1) is 0 Å². The topological polar surface area (TPSA) is 0 Å². The normalized spacial score (nSPS) is 14.3. The van der Waals surface area contributed by atoms with Crippen molar-refractivity contribution in [1.29, 1.82) is 0 Å². The zero-order valence-corrected chi connectivity index (χ0v) is 19.2. The Morgan fingerprint density at radius 2 is 1.67 bits per heavy atom. The van der Waals surface area contributed by atoms with Crippen LogP contribution in [-0.2, 0) is 6.42 Å². The van der Waals surface area contributed by atoms with Crippen LogP contribution < -0.4 is 0 Å². The van der Waals surface area contributed by atoms with Gasteiger partial charge in [0.2, 0.25) is 0 Å². The minimum absolute atomic E-state index is 0.343. The molecule has 0 heteroatoms. The van der Waals surface area contributed by atoms with Crippen LogP contribution in [0.3, 0.4) is 0 Å². The van der Waals surface area contributed by atoms with E-state index < -0.39 is 0 Å². The Kier molecular flexibility index (Phi) is 8.08. The van der Waals surface area contributed by atoms with E-state index in [2.05, 4.69) is 85.9 Å². The van der Waals surface area contributed by atoms with Crippen molar-refractivity contribution in [3.05, 3.63) is 76.4 Å². The van der Waals surface area contributed by atoms with Gasteiger partial charge in [-0.05, 0) is 91.3 Å². The van der Waals surface area contributed by atoms with Crippen LogP contribution in [0.2, 0.25) is 0 Å². The molecule has 0 saturated heterocycles. The molecule has 1 unspecified atom stereocenters. The van der Waals surface area contributed by atoms with E-state index in [-0.39, 0.29) is 0 Å². The predicted molar refractivity (Wildman–Crippen MR) is 124 cm³/mol. The van der Waals surface area contributed by atoms with Crippen LogP contribution in [0.1, 0.15) is 77.1 Å². The average molecular weight is 365 g/mol. The SMILES string of the molecule is C=C(C)/C(=C/C)C(=C)/C=C(\C)c1cc(C)c(C)cc1CC(C)C(C)(C)CC. The third kappa shape index (κ3) is 5.83. The Labute approximate surface area is 168 Å². The van der Waals surface area contributed by atoms with Gasteiger partial charge in [0.25, 0.3) is 0 Å². The third-order valence-corrected chi connectivity index (χ3v) is 6.40. The lowest BCUT2D eigenvalue weighted by molar-refractivity contribution is 0.220. The molecule has 1 rings (SSSR count). The highest BCUT2D eigenvalue weighted by atomic mass is 14.3. The molecule has 1 atom stereocenters. The van der Waals surface area contributed by atoms with Gasteiger partial charge >= 0.3 is 0 Å². The monoisotopic (exact) mass is 364 g/mol. The molecular formula is C27H40. The van der Waals surface area contributed by atoms with Gasteiger partial charge in [0.15, 0.2) is 0 Å². The van der Waals surface area contributed by atoms with E-state index in [0.717, 1.165) is 23.1 Å². The first kappa shape index (κ1) is 23.2. The molecule has 0 nitrogen and oxygen atoms in total. The second kappa shape index (κ2) is 9.40. The summed E-state index contributed by atoms with van der Waals surface area (Å²) in [4.78, 5) is 0. The van der Waals surface area contributed by atoms with Crippen molar-refractivity contribution < 1.29 is 0 Å². The fourth-order valence-corrected chi connectivity index (χ4v) is 3.49. The number of hydrogen-bond donors (Lipinski definition) is 0. The zero-order valence-electron chi connectivity index (χ0n) is 19.2. The Morgan fingerprint density at radius 3 is 2.15 bits per heavy atom. The molecule has 1 aromatic carbocycles. The molecule has 0 amide bonds. The number of rotatable bonds is 8. The zero-order chi connectivity index (χ0) is 20.9. The van der Waals surface area contributed by atoms with E-state index in [1.54, 1.807) is 0 Å². The molecule has 1 aromatic rings. The molecule has 0 radical (unpaired) electrons. The summed E-state index contributed by atoms with van der Waals surface area (Å²) in [6, 6.07) is 4.74. The summed E-state index contributed by atoms with van der Waals surface area (Å²) in [7, 11) is 0. The number of hydrogen-bond acceptors (Lipinski definition) is 0. The summed E-state index contributed by atoms with van der Waals surface area (Å²) < 4.78 is 0. The van der Waals surface area contributed by atoms with Crippen LogP contribution in [0.25, 0.3) is 5.57 Å². The standard InChI is InChI=1S/C27H40/c1-12-25(18(3)4)21(7)14-22(8)26-16-20(6)19(5)15-24(26)17-23(9)27(10,11)13-2/h12,14-16,23H,3,7,13,17H2,1-2,4-6,8-11H3/b22-14+,25-12-. The Balaban J connectivity index is 3.38. The highest BCUT2D eigenvalue weighted by Crippen LogP contribution is 2.35. The van der Waals surface area contributed by atoms with Gasteiger partial charge in [-0.15, -0.1) is 0 Å². The Morgan fingerprint density at radius 1 is 1.11 bits per heavy atom. The summed E-state index contributed by atoms with van der Waals surface area (Å²) in [5.41, 5.74) is 10.4. The highest BCUT2D eigenvalue weighted by molar-refractivity contribution is 5.72. The van der Waals surface area contributed by atoms with E-state index >= 15 is 0 Å². The van der Waals surface area contributed by atoms with Crippen molar-refractivity contribution in [1.82, 2.24) is 0 Å². The first-order valence-corrected chi connectivity index (χ1v) is 10.2. The van der Waals surface area contributed by atoms with Crippen LogP contribution >= 0.6 is 0 Å². The molecule has 0 fully saturated rings. The summed E-state index contributed by atoms with van der Waals surface area (Å²) in [5.74, 6) is 0.626. The van der Waals surface area contributed by atoms with Crippen LogP contribution in [0.5, 0.6) is 0 Å². The first-order chi connectivity index (χ1) is 12.4. The second-order valence-electron chi connectivity index (χ2n) is 8.88. The Bertz CT molecular complexity index is 765. The quantitative estimate of drug-likeness (QED) is 0.406. The summed E-state index contributed by atoms with van der Waals surface area (Å²) in [6.07, 6.45) is 6.62. The van der Waals surface area contributed by atoms with Gasteiger partial charge in [-0.2, -0.15) is 0 Å². The van der Waals surface area contributed by atoms with Crippen molar-refractivity contribution in [2.75, 3.05) is 0 Å². The van der Waals surface area contributed by atoms with E-state index in [1.165, 1.54) is 34.2 Å². The van der Waals surface area contributed by atoms with Crippen LogP contribution in [-0.4, -0.2) is 0 Å². The molecule has 0 heterocycles. The molecule has 0 bridgehead atoms. The first-order valence-electron chi connectivity index (χ1n) is 10.2. The summed E-state index contributed by atoms with van der Waals surface area (Å²) in [6.45, 7) is 28.5. The molecule has 0 N–H and O–H groups in total. The van der Waals surface area contributed by atoms with Crippen molar-refractivity contribution >= 4 is 5.57 Å². The molecule has 27 heavy (non-hydrogen) atoms. The van der Waals surface area contributed by atoms with Crippen molar-refractivity contribution in [2.24, 2.45) is 11.3 Å². The predicted octanol–water partition coefficient (Wildman–Crippen LogP) is 8.40. The average Bonchev–Trinajstić information content (AvgIpc) is 2.57. The van der Waals surface area contributed by atoms with Crippen LogP contribution in [0, 0.1) is 25.2 Å². The molecule has 0 aliphatic heterocycles. The van der Waals surface area contributed by atoms with Crippen LogP contribution in [0.4, 0.5) is 0 Å². The fraction of sp³-hybridized carbons (Fsp3) is 0.481. The maximum absolute atomic E-state index is 4.29. The van der Waals surface area contributed by atoms with Gasteiger partial charge < -0.3 is 0 Å². The molecule has 0 saturated carbocycles. The van der Waals surface area contributed by atoms with Gasteiger partial charge in [-0.25, -0.2) is 0 Å². The van der Waals surface area contributed by atoms with E-state index in [1.807, 2.05) is 13.8 Å². The van der Waals surface area contributed by atoms with Crippen molar-refractivity contribution in [3.63, 3.8) is 0 Å². The van der Waals surface area contributed by atoms with E-state index in [0.29, 0.717) is 11.3 Å². The lowest BCUT2D eigenvalue weighted by Gasteiger charge is -2.31. The van der Waals surface area contributed by atoms with Gasteiger partial charge in [-0.3, -0.25) is 0 Å². The molecule has 0 aliphatic carbocycles. The van der Waals surface area contributed by atoms with Gasteiger partial charge in [0.1, 0.15) is 0 Å². The van der Waals surface area contributed by atoms with Crippen LogP contribution in [0.15, 0.2) is 54.2 Å². The highest BCUT2D eigenvalue weighted by Gasteiger charge is 2.25. The summed E-state index contributed by atoms with van der Waals surface area (Å²) >= 11 is 0. The fourth-order valence-electron chi connectivity index (χ4n) is 3.49. The maximum Gasteiger partial charge on any atom is -0.0192 e. The summed E-state index contributed by atoms with van der Waals surface area (Å²) in [5, 5.41) is 0. The molecule has 148 valence electrons. The van der Waals surface area contributed by atoms with Gasteiger partial charge in [-0.1, -0.05) is 77.1 Å². The lowest BCUT2D eigenvalue weighted by atomic mass is 9.74. The lowest BCUT2D eigenvalue weighted by Crippen LogP contribution is -2.23. The minimum Gasteiger partial charge on any atom is -0.0955 e. The molecule has 0 spiro atoms. The maximum atomic E-state index is 4.29. The van der Waals surface area contributed by atoms with Crippen molar-refractivity contribution in [3.8, 4) is 0 Å². The smallest absolute Gasteiger partial charge is 0.0192 e. The van der Waals surface area contributed by atoms with Gasteiger partial charge in [0, 0.05) is 0 Å². The Hall–Kier alpha value is -1.82. The minimum atomic E-state index is 0.343. The second-order valence-corrected chi connectivity index (χ2v) is 8.88. The largest absolute Gasteiger partial charge is 0.0955 e.